The van der Waals surface area contributed by atoms with Crippen LogP contribution < -0.4 is 5.73 Å². The van der Waals surface area contributed by atoms with Crippen LogP contribution in [-0.4, -0.2) is 11.3 Å². The summed E-state index contributed by atoms with van der Waals surface area (Å²) in [6.07, 6.45) is -9.78. The molecule has 0 aliphatic carbocycles. The molecule has 3 N–H and O–H groups in total. The van der Waals surface area contributed by atoms with Crippen LogP contribution in [0.2, 0.25) is 5.02 Å². The van der Waals surface area contributed by atoms with Crippen LogP contribution in [0.5, 0.6) is 5.75 Å². The van der Waals surface area contributed by atoms with Gasteiger partial charge < -0.3 is 10.8 Å². The molecule has 1 rings (SSSR count). The van der Waals surface area contributed by atoms with Crippen molar-refractivity contribution < 1.29 is 31.4 Å². The zero-order valence-electron chi connectivity index (χ0n) is 8.40. The van der Waals surface area contributed by atoms with E-state index in [2.05, 4.69) is 0 Å². The second-order valence-electron chi connectivity index (χ2n) is 3.41. The van der Waals surface area contributed by atoms with E-state index in [1.807, 2.05) is 0 Å². The Morgan fingerprint density at radius 2 is 1.61 bits per heavy atom. The molecule has 2 nitrogen and oxygen atoms in total. The van der Waals surface area contributed by atoms with Gasteiger partial charge in [0.2, 0.25) is 0 Å². The summed E-state index contributed by atoms with van der Waals surface area (Å²) in [4.78, 5) is 0. The summed E-state index contributed by atoms with van der Waals surface area (Å²) in [5.74, 6) is -1.21. The third kappa shape index (κ3) is 2.99. The molecule has 0 aliphatic heterocycles. The van der Waals surface area contributed by atoms with Crippen molar-refractivity contribution in [3.05, 3.63) is 28.3 Å². The highest BCUT2D eigenvalue weighted by Crippen LogP contribution is 2.42. The summed E-state index contributed by atoms with van der Waals surface area (Å²) in [5.41, 5.74) is 2.43. The first-order valence-corrected chi connectivity index (χ1v) is 4.74. The lowest BCUT2D eigenvalue weighted by molar-refractivity contribution is -0.149. The Kier molecular flexibility index (Phi) is 3.73. The maximum absolute atomic E-state index is 12.3. The molecule has 9 heteroatoms. The molecule has 102 valence electrons. The van der Waals surface area contributed by atoms with Gasteiger partial charge in [-0.3, -0.25) is 0 Å². The van der Waals surface area contributed by atoms with Gasteiger partial charge in [-0.1, -0.05) is 11.6 Å². The van der Waals surface area contributed by atoms with E-state index in [0.29, 0.717) is 6.07 Å². The molecule has 0 aromatic heterocycles. The second kappa shape index (κ2) is 4.51. The van der Waals surface area contributed by atoms with Crippen molar-refractivity contribution >= 4 is 11.6 Å². The van der Waals surface area contributed by atoms with Crippen molar-refractivity contribution in [2.24, 2.45) is 5.73 Å². The maximum atomic E-state index is 12.3. The molecule has 0 saturated heterocycles. The van der Waals surface area contributed by atoms with E-state index in [1.165, 1.54) is 0 Å². The van der Waals surface area contributed by atoms with E-state index in [1.54, 1.807) is 0 Å². The Hall–Kier alpha value is -1.15. The molecular weight excluding hydrogens is 288 g/mol. The number of nitrogens with two attached hydrogens (primary N) is 1. The van der Waals surface area contributed by atoms with E-state index in [4.69, 9.17) is 17.3 Å². The van der Waals surface area contributed by atoms with Gasteiger partial charge in [0.1, 0.15) is 11.8 Å². The number of hydrogen-bond donors (Lipinski definition) is 2. The minimum atomic E-state index is -4.90. The molecule has 0 saturated carbocycles. The summed E-state index contributed by atoms with van der Waals surface area (Å²) in [6.45, 7) is 0. The molecule has 0 aliphatic rings. The Balaban J connectivity index is 3.33. The lowest BCUT2D eigenvalue weighted by atomic mass is 10.0. The molecule has 0 heterocycles. The number of rotatable bonds is 1. The lowest BCUT2D eigenvalue weighted by Gasteiger charge is -2.19. The lowest BCUT2D eigenvalue weighted by Crippen LogP contribution is -2.28. The normalized spacial score (nSPS) is 14.7. The van der Waals surface area contributed by atoms with Gasteiger partial charge in [-0.25, -0.2) is 0 Å². The number of phenolic OH excluding ortho intramolecular Hbond substituents is 1. The zero-order valence-corrected chi connectivity index (χ0v) is 9.16. The number of phenols is 1. The van der Waals surface area contributed by atoms with Crippen LogP contribution in [0.1, 0.15) is 17.2 Å². The van der Waals surface area contributed by atoms with Gasteiger partial charge in [0, 0.05) is 5.56 Å². The Morgan fingerprint density at radius 3 is 2.00 bits per heavy atom. The summed E-state index contributed by atoms with van der Waals surface area (Å²) in [7, 11) is 0. The Bertz CT molecular complexity index is 456. The molecule has 1 aromatic rings. The van der Waals surface area contributed by atoms with Crippen molar-refractivity contribution in [3.8, 4) is 5.75 Å². The molecule has 0 spiro atoms. The third-order valence-electron chi connectivity index (χ3n) is 2.11. The van der Waals surface area contributed by atoms with Gasteiger partial charge >= 0.3 is 12.4 Å². The summed E-state index contributed by atoms with van der Waals surface area (Å²) in [6, 6.07) is -2.14. The Labute approximate surface area is 102 Å². The van der Waals surface area contributed by atoms with Crippen LogP contribution in [-0.2, 0) is 6.18 Å². The van der Waals surface area contributed by atoms with Crippen LogP contribution in [0.3, 0.4) is 0 Å². The molecule has 0 fully saturated rings. The zero-order chi connectivity index (χ0) is 14.3. The van der Waals surface area contributed by atoms with Crippen molar-refractivity contribution in [2.45, 2.75) is 18.4 Å². The fourth-order valence-electron chi connectivity index (χ4n) is 1.22. The summed E-state index contributed by atoms with van der Waals surface area (Å²) >= 11 is 5.23. The maximum Gasteiger partial charge on any atom is 0.417 e. The first-order chi connectivity index (χ1) is 7.94. The molecule has 0 bridgehead atoms. The minimum absolute atomic E-state index is 0.114. The number of benzene rings is 1. The van der Waals surface area contributed by atoms with Gasteiger partial charge in [0.15, 0.2) is 0 Å². The van der Waals surface area contributed by atoms with E-state index < -0.39 is 40.3 Å². The minimum Gasteiger partial charge on any atom is -0.508 e. The third-order valence-corrected chi connectivity index (χ3v) is 2.42. The molecular formula is C9H6ClF6NO. The number of halogens is 7. The van der Waals surface area contributed by atoms with Crippen molar-refractivity contribution in [1.82, 2.24) is 0 Å². The second-order valence-corrected chi connectivity index (χ2v) is 3.82. The first kappa shape index (κ1) is 14.9. The average Bonchev–Trinajstić information content (AvgIpc) is 2.16. The van der Waals surface area contributed by atoms with Gasteiger partial charge in [0.25, 0.3) is 0 Å². The van der Waals surface area contributed by atoms with Crippen LogP contribution in [0.4, 0.5) is 26.3 Å². The number of aromatic hydroxyl groups is 1. The van der Waals surface area contributed by atoms with E-state index in [9.17, 15) is 31.4 Å². The van der Waals surface area contributed by atoms with Gasteiger partial charge in [-0.05, 0) is 12.1 Å². The highest BCUT2D eigenvalue weighted by Gasteiger charge is 2.41. The molecule has 0 unspecified atom stereocenters. The van der Waals surface area contributed by atoms with Gasteiger partial charge in [-0.2, -0.15) is 26.3 Å². The number of hydrogen-bond acceptors (Lipinski definition) is 2. The quantitative estimate of drug-likeness (QED) is 0.777. The van der Waals surface area contributed by atoms with Gasteiger partial charge in [-0.15, -0.1) is 0 Å². The summed E-state index contributed by atoms with van der Waals surface area (Å²) in [5, 5.41) is 8.21. The van der Waals surface area contributed by atoms with Crippen molar-refractivity contribution in [1.29, 1.82) is 0 Å². The van der Waals surface area contributed by atoms with Crippen LogP contribution in [0.25, 0.3) is 0 Å². The highest BCUT2D eigenvalue weighted by molar-refractivity contribution is 6.31. The van der Waals surface area contributed by atoms with Crippen molar-refractivity contribution in [3.63, 3.8) is 0 Å². The summed E-state index contributed by atoms with van der Waals surface area (Å²) < 4.78 is 73.9. The SMILES string of the molecule is N[C@H](c1cc(Cl)c(C(F)(F)F)cc1O)C(F)(F)F. The number of alkyl halides is 6. The fraction of sp³-hybridized carbons (Fsp3) is 0.333. The smallest absolute Gasteiger partial charge is 0.417 e. The average molecular weight is 294 g/mol. The molecule has 1 atom stereocenters. The fourth-order valence-corrected chi connectivity index (χ4v) is 1.50. The Morgan fingerprint density at radius 1 is 1.11 bits per heavy atom. The van der Waals surface area contributed by atoms with Crippen LogP contribution in [0.15, 0.2) is 12.1 Å². The largest absolute Gasteiger partial charge is 0.508 e. The highest BCUT2D eigenvalue weighted by atomic mass is 35.5. The molecule has 1 aromatic carbocycles. The van der Waals surface area contributed by atoms with E-state index in [0.717, 1.165) is 0 Å². The van der Waals surface area contributed by atoms with Crippen LogP contribution in [0, 0.1) is 0 Å². The van der Waals surface area contributed by atoms with Crippen molar-refractivity contribution in [2.75, 3.05) is 0 Å². The molecule has 0 amide bonds. The predicted octanol–water partition coefficient (Wildman–Crippen LogP) is 3.63. The molecule has 18 heavy (non-hydrogen) atoms. The topological polar surface area (TPSA) is 46.2 Å². The van der Waals surface area contributed by atoms with Crippen LogP contribution >= 0.6 is 11.6 Å². The molecule has 0 radical (unpaired) electrons. The first-order valence-electron chi connectivity index (χ1n) is 4.36. The predicted molar refractivity (Wildman–Crippen MR) is 51.1 cm³/mol. The van der Waals surface area contributed by atoms with E-state index in [-0.39, 0.29) is 6.07 Å². The van der Waals surface area contributed by atoms with E-state index >= 15 is 0 Å². The standard InChI is InChI=1S/C9H6ClF6NO/c10-5-1-3(7(17)9(14,15)16)6(18)2-4(5)8(11,12)13/h1-2,7,18H,17H2/t7-/m1/s1. The van der Waals surface area contributed by atoms with Gasteiger partial charge in [0.05, 0.1) is 10.6 Å². The monoisotopic (exact) mass is 293 g/mol.